The third-order valence-electron chi connectivity index (χ3n) is 5.57. The van der Waals surface area contributed by atoms with E-state index in [9.17, 15) is 4.79 Å². The molecular weight excluding hydrogens is 416 g/mol. The minimum atomic E-state index is -0.0648. The number of anilines is 1. The number of aromatic nitrogens is 1. The first-order chi connectivity index (χ1) is 15.3. The summed E-state index contributed by atoms with van der Waals surface area (Å²) in [5.41, 5.74) is 4.84. The second-order valence-corrected chi connectivity index (χ2v) is 9.94. The van der Waals surface area contributed by atoms with E-state index in [0.717, 1.165) is 27.1 Å². The second-order valence-electron chi connectivity index (χ2n) is 8.96. The number of benzene rings is 3. The first-order valence-electron chi connectivity index (χ1n) is 10.7. The summed E-state index contributed by atoms with van der Waals surface area (Å²) in [5.74, 6) is 0.653. The molecule has 0 fully saturated rings. The number of rotatable bonds is 5. The molecular formula is C27H28N2O2S. The Balaban J connectivity index is 1.78. The predicted octanol–water partition coefficient (Wildman–Crippen LogP) is 6.76. The molecule has 0 radical (unpaired) electrons. The van der Waals surface area contributed by atoms with Gasteiger partial charge in [0.25, 0.3) is 5.91 Å². The van der Waals surface area contributed by atoms with Crippen LogP contribution in [0.3, 0.4) is 0 Å². The summed E-state index contributed by atoms with van der Waals surface area (Å²) in [5, 5.41) is 0.668. The van der Waals surface area contributed by atoms with E-state index in [0.29, 0.717) is 17.2 Å². The smallest absolute Gasteiger partial charge is 0.260 e. The molecule has 0 spiro atoms. The van der Waals surface area contributed by atoms with Crippen LogP contribution in [-0.4, -0.2) is 18.0 Å². The Morgan fingerprint density at radius 1 is 1.00 bits per heavy atom. The van der Waals surface area contributed by atoms with Crippen LogP contribution in [0.2, 0.25) is 0 Å². The van der Waals surface area contributed by atoms with Crippen LogP contribution in [-0.2, 0) is 12.0 Å². The van der Waals surface area contributed by atoms with Crippen LogP contribution in [0, 0.1) is 6.92 Å². The van der Waals surface area contributed by atoms with Crippen molar-refractivity contribution in [2.75, 3.05) is 12.0 Å². The van der Waals surface area contributed by atoms with Crippen LogP contribution in [0.25, 0.3) is 10.2 Å². The molecule has 4 nitrogen and oxygen atoms in total. The fourth-order valence-corrected chi connectivity index (χ4v) is 4.69. The van der Waals surface area contributed by atoms with Gasteiger partial charge in [-0.2, -0.15) is 0 Å². The number of hydrogen-bond donors (Lipinski definition) is 0. The van der Waals surface area contributed by atoms with Crippen molar-refractivity contribution >= 4 is 32.6 Å². The molecule has 1 aromatic heterocycles. The first-order valence-corrected chi connectivity index (χ1v) is 11.5. The van der Waals surface area contributed by atoms with E-state index in [1.807, 2.05) is 66.7 Å². The van der Waals surface area contributed by atoms with Crippen LogP contribution in [0.5, 0.6) is 5.75 Å². The largest absolute Gasteiger partial charge is 0.494 e. The molecule has 0 aliphatic heterocycles. The maximum absolute atomic E-state index is 13.7. The Labute approximate surface area is 193 Å². The molecule has 164 valence electrons. The fraction of sp³-hybridized carbons (Fsp3) is 0.259. The maximum Gasteiger partial charge on any atom is 0.260 e. The zero-order chi connectivity index (χ0) is 22.9. The number of carbonyl (C=O) groups is 1. The highest BCUT2D eigenvalue weighted by Crippen LogP contribution is 2.37. The highest BCUT2D eigenvalue weighted by Gasteiger charge is 2.24. The minimum Gasteiger partial charge on any atom is -0.494 e. The van der Waals surface area contributed by atoms with E-state index in [2.05, 4.69) is 27.7 Å². The average molecular weight is 445 g/mol. The van der Waals surface area contributed by atoms with Crippen LogP contribution < -0.4 is 9.64 Å². The van der Waals surface area contributed by atoms with Gasteiger partial charge in [0.05, 0.1) is 18.4 Å². The number of ether oxygens (including phenoxy) is 1. The Morgan fingerprint density at radius 3 is 2.31 bits per heavy atom. The molecule has 32 heavy (non-hydrogen) atoms. The number of thiazole rings is 1. The van der Waals surface area contributed by atoms with Crippen molar-refractivity contribution < 1.29 is 9.53 Å². The Morgan fingerprint density at radius 2 is 1.69 bits per heavy atom. The molecule has 5 heteroatoms. The topological polar surface area (TPSA) is 42.4 Å². The highest BCUT2D eigenvalue weighted by atomic mass is 32.1. The van der Waals surface area contributed by atoms with Gasteiger partial charge in [0.15, 0.2) is 5.13 Å². The number of hydrogen-bond acceptors (Lipinski definition) is 4. The summed E-state index contributed by atoms with van der Waals surface area (Å²) in [6.45, 7) is 9.01. The van der Waals surface area contributed by atoms with Gasteiger partial charge in [-0.25, -0.2) is 4.98 Å². The molecule has 4 aromatic rings. The molecule has 0 saturated carbocycles. The quantitative estimate of drug-likeness (QED) is 0.342. The lowest BCUT2D eigenvalue weighted by Crippen LogP contribution is -2.30. The van der Waals surface area contributed by atoms with Gasteiger partial charge in [-0.05, 0) is 47.2 Å². The summed E-state index contributed by atoms with van der Waals surface area (Å²) in [4.78, 5) is 20.3. The number of amides is 1. The Hall–Kier alpha value is -3.18. The lowest BCUT2D eigenvalue weighted by atomic mass is 9.86. The lowest BCUT2D eigenvalue weighted by Gasteiger charge is -2.22. The number of methoxy groups -OCH3 is 1. The molecule has 0 N–H and O–H groups in total. The number of carbonyl (C=O) groups excluding carboxylic acids is 1. The molecule has 0 aliphatic rings. The number of aryl methyl sites for hydroxylation is 1. The van der Waals surface area contributed by atoms with Crippen molar-refractivity contribution in [2.45, 2.75) is 39.7 Å². The van der Waals surface area contributed by atoms with Crippen LogP contribution in [0.15, 0.2) is 66.7 Å². The Bertz CT molecular complexity index is 1240. The maximum atomic E-state index is 13.7. The van der Waals surface area contributed by atoms with Crippen LogP contribution in [0.1, 0.15) is 47.8 Å². The average Bonchev–Trinajstić information content (AvgIpc) is 3.24. The fourth-order valence-electron chi connectivity index (χ4n) is 3.64. The lowest BCUT2D eigenvalue weighted by molar-refractivity contribution is 0.0985. The molecule has 0 aliphatic carbocycles. The summed E-state index contributed by atoms with van der Waals surface area (Å²) in [6.07, 6.45) is 0. The van der Waals surface area contributed by atoms with Gasteiger partial charge < -0.3 is 4.74 Å². The predicted molar refractivity (Wildman–Crippen MR) is 133 cm³/mol. The van der Waals surface area contributed by atoms with Crippen LogP contribution in [0.4, 0.5) is 5.13 Å². The van der Waals surface area contributed by atoms with E-state index >= 15 is 0 Å². The summed E-state index contributed by atoms with van der Waals surface area (Å²) in [7, 11) is 1.65. The molecule has 3 aromatic carbocycles. The van der Waals surface area contributed by atoms with Gasteiger partial charge in [-0.1, -0.05) is 80.6 Å². The summed E-state index contributed by atoms with van der Waals surface area (Å²) >= 11 is 1.53. The monoisotopic (exact) mass is 444 g/mol. The van der Waals surface area contributed by atoms with Gasteiger partial charge >= 0.3 is 0 Å². The molecule has 0 bridgehead atoms. The number of nitrogens with zero attached hydrogens (tertiary/aromatic N) is 2. The molecule has 1 amide bonds. The molecule has 4 rings (SSSR count). The molecule has 0 unspecified atom stereocenters. The zero-order valence-electron chi connectivity index (χ0n) is 19.2. The second kappa shape index (κ2) is 8.75. The van der Waals surface area contributed by atoms with Gasteiger partial charge in [0.1, 0.15) is 11.3 Å². The molecule has 1 heterocycles. The van der Waals surface area contributed by atoms with E-state index < -0.39 is 0 Å². The van der Waals surface area contributed by atoms with Crippen molar-refractivity contribution in [3.8, 4) is 5.75 Å². The van der Waals surface area contributed by atoms with Gasteiger partial charge in [0, 0.05) is 5.56 Å². The van der Waals surface area contributed by atoms with Crippen molar-refractivity contribution in [3.05, 3.63) is 89.0 Å². The first kappa shape index (κ1) is 22.0. The van der Waals surface area contributed by atoms with E-state index in [-0.39, 0.29) is 11.3 Å². The van der Waals surface area contributed by atoms with Gasteiger partial charge in [0.2, 0.25) is 0 Å². The third-order valence-corrected chi connectivity index (χ3v) is 6.78. The summed E-state index contributed by atoms with van der Waals surface area (Å²) < 4.78 is 6.56. The molecule has 0 saturated heterocycles. The van der Waals surface area contributed by atoms with Crippen LogP contribution >= 0.6 is 11.3 Å². The zero-order valence-corrected chi connectivity index (χ0v) is 20.0. The highest BCUT2D eigenvalue weighted by molar-refractivity contribution is 7.22. The van der Waals surface area contributed by atoms with Gasteiger partial charge in [-0.3, -0.25) is 9.69 Å². The Kier molecular flexibility index (Phi) is 6.02. The van der Waals surface area contributed by atoms with Crippen molar-refractivity contribution in [2.24, 2.45) is 0 Å². The van der Waals surface area contributed by atoms with E-state index in [4.69, 9.17) is 9.72 Å². The minimum absolute atomic E-state index is 0.0341. The molecule has 0 atom stereocenters. The van der Waals surface area contributed by atoms with Crippen molar-refractivity contribution in [1.29, 1.82) is 0 Å². The van der Waals surface area contributed by atoms with E-state index in [1.165, 1.54) is 16.9 Å². The number of fused-ring (bicyclic) bond motifs is 1. The van der Waals surface area contributed by atoms with Crippen molar-refractivity contribution in [3.63, 3.8) is 0 Å². The third kappa shape index (κ3) is 4.39. The SMILES string of the molecule is COc1ccc(C)c2sc(N(Cc3ccccc3)C(=O)c3ccc(C(C)(C)C)cc3)nc12. The van der Waals surface area contributed by atoms with Crippen molar-refractivity contribution in [1.82, 2.24) is 4.98 Å². The normalized spacial score (nSPS) is 11.5. The summed E-state index contributed by atoms with van der Waals surface area (Å²) in [6, 6.07) is 21.9. The van der Waals surface area contributed by atoms with E-state index in [1.54, 1.807) is 12.0 Å². The van der Waals surface area contributed by atoms with Gasteiger partial charge in [-0.15, -0.1) is 0 Å². The standard InChI is InChI=1S/C27H28N2O2S/c1-18-11-16-22(31-5)23-24(18)32-26(28-23)29(17-19-9-7-6-8-10-19)25(30)20-12-14-21(15-13-20)27(2,3)4/h6-16H,17H2,1-5H3.